The quantitative estimate of drug-likeness (QED) is 0.0822. The Morgan fingerprint density at radius 2 is 0.625 bits per heavy atom. The van der Waals surface area contributed by atoms with Gasteiger partial charge in [-0.05, 0) is 0 Å². The van der Waals surface area contributed by atoms with E-state index in [4.69, 9.17) is 43.4 Å². The van der Waals surface area contributed by atoms with Crippen LogP contribution >= 0.6 is 0 Å². The highest BCUT2D eigenvalue weighted by Gasteiger charge is 2.34. The van der Waals surface area contributed by atoms with Crippen molar-refractivity contribution in [1.29, 1.82) is 26.3 Å². The van der Waals surface area contributed by atoms with Crippen LogP contribution in [0.1, 0.15) is 17.1 Å². The van der Waals surface area contributed by atoms with Crippen molar-refractivity contribution in [2.75, 3.05) is 0 Å². The Bertz CT molecular complexity index is 3560. The second-order valence-electron chi connectivity index (χ2n) is 12.1. The van der Waals surface area contributed by atoms with Gasteiger partial charge in [-0.15, -0.1) is 15.0 Å². The molecule has 0 spiro atoms. The van der Waals surface area contributed by atoms with Gasteiger partial charge in [0.05, 0.1) is 57.3 Å². The van der Waals surface area contributed by atoms with Crippen molar-refractivity contribution in [3.63, 3.8) is 0 Å². The maximum Gasteiger partial charge on any atom is 0.307 e. The summed E-state index contributed by atoms with van der Waals surface area (Å²) in [4.78, 5) is 39.4. The van der Waals surface area contributed by atoms with Crippen molar-refractivity contribution < 1.29 is 35.1 Å². The van der Waals surface area contributed by atoms with Crippen molar-refractivity contribution >= 4 is 94.3 Å². The molecule has 3 aromatic heterocycles. The molecule has 0 atom stereocenters. The predicted molar refractivity (Wildman–Crippen MR) is 199 cm³/mol. The average molecular weight is 857 g/mol. The molecule has 0 bridgehead atoms. The number of benzene rings is 5. The molecule has 5 aromatic carbocycles. The number of hydrogen-bond acceptors (Lipinski definition) is 11. The van der Waals surface area contributed by atoms with Crippen molar-refractivity contribution in [1.82, 2.24) is 29.9 Å². The van der Waals surface area contributed by atoms with E-state index >= 15 is 17.6 Å². The highest BCUT2D eigenvalue weighted by Crippen LogP contribution is 2.43. The fraction of sp³-hybridized carbons (Fsp3) is 0. The van der Waals surface area contributed by atoms with Crippen LogP contribution in [-0.2, 0) is 0 Å². The van der Waals surface area contributed by atoms with Gasteiger partial charge in [-0.1, -0.05) is 19.7 Å². The lowest BCUT2D eigenvalue weighted by Gasteiger charge is -2.17. The summed E-state index contributed by atoms with van der Waals surface area (Å²) in [7, 11) is 0. The monoisotopic (exact) mass is 856 g/mol. The molecule has 24 heteroatoms. The summed E-state index contributed by atoms with van der Waals surface area (Å²) in [5.41, 5.74) is -3.57. The van der Waals surface area contributed by atoms with Gasteiger partial charge in [-0.2, -0.15) is 15.8 Å². The standard InChI is InChI=1S/C22F8N4.C18N12/c1-33-5(3-31)7-15(23)11-9-10-13(21(29)19(11)27)17(25)8(6(4-32)34-2)18(26)14(10)22(30)20(28)12(9)16(7)24;1-22-16-9(6-21)27-12-10-11(26-8(5-20)7(4-19)25-10)14-15(13(12)28-16)30-18(24-3)17(23-2)29-14. The predicted octanol–water partition coefficient (Wildman–Crippen LogP) is 7.58. The number of rotatable bonds is 0. The molecule has 8 rings (SSSR count). The topological polar surface area (TPSA) is 218 Å². The zero-order valence-electron chi connectivity index (χ0n) is 30.2. The average Bonchev–Trinajstić information content (AvgIpc) is 3.31. The first-order valence-corrected chi connectivity index (χ1v) is 16.3. The van der Waals surface area contributed by atoms with Crippen molar-refractivity contribution in [2.45, 2.75) is 0 Å². The Kier molecular flexibility index (Phi) is 9.78. The summed E-state index contributed by atoms with van der Waals surface area (Å²) in [5.74, 6) is -18.2. The molecule has 3 heterocycles. The lowest BCUT2D eigenvalue weighted by molar-refractivity contribution is 0.500. The largest absolute Gasteiger partial charge is 0.370 e. The van der Waals surface area contributed by atoms with E-state index in [1.165, 1.54) is 0 Å². The minimum atomic E-state index is -2.26. The summed E-state index contributed by atoms with van der Waals surface area (Å²) < 4.78 is 120. The van der Waals surface area contributed by atoms with E-state index in [-0.39, 0.29) is 67.6 Å². The van der Waals surface area contributed by atoms with Crippen LogP contribution in [0.15, 0.2) is 0 Å². The molecule has 16 nitrogen and oxygen atoms in total. The van der Waals surface area contributed by atoms with Gasteiger partial charge in [0.15, 0.2) is 40.4 Å². The molecule has 0 saturated heterocycles. The highest BCUT2D eigenvalue weighted by atomic mass is 19.2. The molecular weight excluding hydrogens is 857 g/mol. The lowest BCUT2D eigenvalue weighted by Crippen LogP contribution is -2.22. The van der Waals surface area contributed by atoms with E-state index in [9.17, 15) is 33.3 Å². The van der Waals surface area contributed by atoms with Crippen LogP contribution in [0.25, 0.3) is 101 Å². The van der Waals surface area contributed by atoms with Crippen molar-refractivity contribution in [3.05, 3.63) is 131 Å². The van der Waals surface area contributed by atoms with Gasteiger partial charge in [0.1, 0.15) is 58.0 Å². The second-order valence-corrected chi connectivity index (χ2v) is 12.1. The first-order valence-electron chi connectivity index (χ1n) is 16.3. The summed E-state index contributed by atoms with van der Waals surface area (Å²) >= 11 is 0. The molecule has 0 fully saturated rings. The molecule has 0 unspecified atom stereocenters. The summed E-state index contributed by atoms with van der Waals surface area (Å²) in [6.07, 6.45) is 0. The van der Waals surface area contributed by atoms with E-state index in [1.54, 1.807) is 18.2 Å². The van der Waals surface area contributed by atoms with E-state index in [1.807, 2.05) is 0 Å². The van der Waals surface area contributed by atoms with Crippen LogP contribution in [0.2, 0.25) is 0 Å². The maximum absolute atomic E-state index is 15.1. The third kappa shape index (κ3) is 5.51. The van der Waals surface area contributed by atoms with E-state index in [2.05, 4.69) is 54.1 Å². The lowest BCUT2D eigenvalue weighted by atomic mass is 9.89. The normalized spacial score (nSPS) is 10.3. The van der Waals surface area contributed by atoms with Gasteiger partial charge in [-0.3, -0.25) is 0 Å². The molecule has 64 heavy (non-hydrogen) atoms. The zero-order valence-corrected chi connectivity index (χ0v) is 30.2. The third-order valence-electron chi connectivity index (χ3n) is 9.12. The van der Waals surface area contributed by atoms with Crippen molar-refractivity contribution in [3.8, 4) is 30.3 Å². The molecule has 0 aliphatic heterocycles. The van der Waals surface area contributed by atoms with Gasteiger partial charge in [0.25, 0.3) is 28.5 Å². The zero-order chi connectivity index (χ0) is 46.6. The Morgan fingerprint density at radius 3 is 0.875 bits per heavy atom. The first-order chi connectivity index (χ1) is 30.7. The molecule has 8 aromatic rings. The SMILES string of the molecule is [C-]#[N+]C(C#N)=c1c(F)c2c(F)c(F)c3c(F)c(=C(C#N)[N+]#[C-])c(F)c4c(F)c(F)c(c1F)c2c34.[C-]#[N+]c1nc2c(nc1C#N)c1nc(C#N)c(C#N)nc1c1nc([N+]#[C-])c([N+]#[C-])nc21. The smallest absolute Gasteiger partial charge is 0.307 e. The number of aromatic nitrogens is 6. The van der Waals surface area contributed by atoms with Gasteiger partial charge < -0.3 is 14.5 Å². The molecule has 0 N–H and O–H groups in total. The van der Waals surface area contributed by atoms with Crippen LogP contribution in [0.5, 0.6) is 0 Å². The number of nitrogens with zero attached hydrogens (tertiary/aromatic N) is 16. The summed E-state index contributed by atoms with van der Waals surface area (Å²) in [5, 5.41) is 33.6. The van der Waals surface area contributed by atoms with Crippen LogP contribution in [0.4, 0.5) is 52.6 Å². The second kappa shape index (κ2) is 15.1. The van der Waals surface area contributed by atoms with Gasteiger partial charge in [0.2, 0.25) is 11.0 Å². The summed E-state index contributed by atoms with van der Waals surface area (Å²) in [6.45, 7) is 35.4. The Balaban J connectivity index is 0.000000193. The van der Waals surface area contributed by atoms with E-state index in [0.29, 0.717) is 0 Å². The summed E-state index contributed by atoms with van der Waals surface area (Å²) in [6, 6.07) is 7.45. The Hall–Kier alpha value is -10.8. The minimum Gasteiger partial charge on any atom is -0.370 e. The number of hydrogen-bond donors (Lipinski definition) is 0. The van der Waals surface area contributed by atoms with Crippen molar-refractivity contribution in [2.24, 2.45) is 0 Å². The van der Waals surface area contributed by atoms with Crippen LogP contribution in [0.3, 0.4) is 0 Å². The molecule has 0 aliphatic carbocycles. The molecule has 0 saturated carbocycles. The number of halogens is 8. The molecule has 0 aliphatic rings. The number of nitriles is 5. The fourth-order valence-electron chi connectivity index (χ4n) is 6.56. The molecule has 296 valence electrons. The fourth-order valence-corrected chi connectivity index (χ4v) is 6.56. The molecular formula is C40F8N16. The van der Waals surface area contributed by atoms with Gasteiger partial charge >= 0.3 is 5.82 Å². The Labute approximate surface area is 346 Å². The molecule has 0 radical (unpaired) electrons. The number of fused-ring (bicyclic) bond motifs is 6. The first kappa shape index (κ1) is 41.4. The van der Waals surface area contributed by atoms with Gasteiger partial charge in [0, 0.05) is 10.8 Å². The third-order valence-corrected chi connectivity index (χ3v) is 9.12. The van der Waals surface area contributed by atoms with Gasteiger partial charge in [-0.25, -0.2) is 70.3 Å². The van der Waals surface area contributed by atoms with Crippen LogP contribution < -0.4 is 10.4 Å². The van der Waals surface area contributed by atoms with Crippen LogP contribution in [0, 0.1) is 136 Å². The maximum atomic E-state index is 15.1. The highest BCUT2D eigenvalue weighted by molar-refractivity contribution is 6.24. The Morgan fingerprint density at radius 1 is 0.359 bits per heavy atom. The molecule has 0 amide bonds. The van der Waals surface area contributed by atoms with Crippen LogP contribution in [-0.4, -0.2) is 29.9 Å². The van der Waals surface area contributed by atoms with E-state index in [0.717, 1.165) is 12.1 Å². The van der Waals surface area contributed by atoms with E-state index < -0.39 is 101 Å². The minimum absolute atomic E-state index is 0.000622.